The van der Waals surface area contributed by atoms with Crippen molar-refractivity contribution in [2.45, 2.75) is 50.0 Å². The zero-order valence-corrected chi connectivity index (χ0v) is 28.5. The van der Waals surface area contributed by atoms with Gasteiger partial charge in [0.2, 0.25) is 5.91 Å². The number of hydrogen-bond donors (Lipinski definition) is 2. The molecule has 0 bridgehead atoms. The van der Waals surface area contributed by atoms with Gasteiger partial charge in [-0.15, -0.1) is 23.2 Å². The molecule has 45 heavy (non-hydrogen) atoms. The molecule has 13 heteroatoms. The van der Waals surface area contributed by atoms with Crippen LogP contribution in [0.5, 0.6) is 0 Å². The third kappa shape index (κ3) is 8.35. The third-order valence-corrected chi connectivity index (χ3v) is 8.60. The topological polar surface area (TPSA) is 112 Å². The van der Waals surface area contributed by atoms with Gasteiger partial charge in [-0.1, -0.05) is 34.8 Å². The molecular formula is C32H29Cl5N4O4. The van der Waals surface area contributed by atoms with Gasteiger partial charge >= 0.3 is 6.09 Å². The number of halogens is 5. The van der Waals surface area contributed by atoms with Crippen molar-refractivity contribution >= 4 is 93.0 Å². The van der Waals surface area contributed by atoms with Crippen molar-refractivity contribution in [3.63, 3.8) is 0 Å². The fourth-order valence-corrected chi connectivity index (χ4v) is 6.34. The van der Waals surface area contributed by atoms with E-state index in [1.165, 1.54) is 17.0 Å². The molecule has 0 aromatic heterocycles. The summed E-state index contributed by atoms with van der Waals surface area (Å²) in [6.45, 7) is 7.16. The molecule has 0 aliphatic heterocycles. The molecule has 0 radical (unpaired) electrons. The second-order valence-corrected chi connectivity index (χ2v) is 14.2. The predicted molar refractivity (Wildman–Crippen MR) is 180 cm³/mol. The number of carbonyl (C=O) groups excluding carboxylic acids is 3. The Kier molecular flexibility index (Phi) is 10.5. The molecule has 3 aromatic rings. The fraction of sp³-hybridized carbons (Fsp3) is 0.312. The number of amides is 3. The molecule has 3 aromatic carbocycles. The summed E-state index contributed by atoms with van der Waals surface area (Å²) < 4.78 is 4.13. The highest BCUT2D eigenvalue weighted by Crippen LogP contribution is 2.65. The Morgan fingerprint density at radius 2 is 1.64 bits per heavy atom. The molecule has 0 spiro atoms. The van der Waals surface area contributed by atoms with Crippen LogP contribution in [0, 0.1) is 24.2 Å². The molecule has 1 aliphatic rings. The van der Waals surface area contributed by atoms with Crippen LogP contribution in [0.2, 0.25) is 15.1 Å². The second kappa shape index (κ2) is 13.7. The monoisotopic (exact) mass is 708 g/mol. The number of aryl methyl sites for hydroxylation is 1. The number of anilines is 3. The van der Waals surface area contributed by atoms with Gasteiger partial charge in [0.15, 0.2) is 0 Å². The smallest absolute Gasteiger partial charge is 0.414 e. The van der Waals surface area contributed by atoms with E-state index in [0.717, 1.165) is 0 Å². The minimum Gasteiger partial charge on any atom is -0.443 e. The number of nitrogens with zero attached hydrogens (tertiary/aromatic N) is 2. The number of ether oxygens (including phenoxy) is 1. The summed E-state index contributed by atoms with van der Waals surface area (Å²) in [5.41, 5.74) is 1.95. The molecule has 2 atom stereocenters. The van der Waals surface area contributed by atoms with E-state index in [0.29, 0.717) is 38.2 Å². The van der Waals surface area contributed by atoms with E-state index in [1.807, 2.05) is 6.07 Å². The van der Waals surface area contributed by atoms with Crippen LogP contribution in [0.1, 0.15) is 54.6 Å². The van der Waals surface area contributed by atoms with Gasteiger partial charge < -0.3 is 15.4 Å². The van der Waals surface area contributed by atoms with Gasteiger partial charge in [-0.25, -0.2) is 4.79 Å². The molecule has 2 N–H and O–H groups in total. The summed E-state index contributed by atoms with van der Waals surface area (Å²) in [6, 6.07) is 16.4. The van der Waals surface area contributed by atoms with Crippen LogP contribution in [0.3, 0.4) is 0 Å². The molecule has 236 valence electrons. The van der Waals surface area contributed by atoms with Crippen molar-refractivity contribution in [2.75, 3.05) is 22.1 Å². The van der Waals surface area contributed by atoms with Crippen molar-refractivity contribution in [1.29, 1.82) is 5.26 Å². The number of nitriles is 1. The summed E-state index contributed by atoms with van der Waals surface area (Å²) >= 11 is 31.6. The van der Waals surface area contributed by atoms with Crippen LogP contribution in [0.4, 0.5) is 21.9 Å². The summed E-state index contributed by atoms with van der Waals surface area (Å²) in [5.74, 6) is -2.31. The van der Waals surface area contributed by atoms with E-state index < -0.39 is 39.7 Å². The van der Waals surface area contributed by atoms with E-state index in [2.05, 4.69) is 10.6 Å². The number of rotatable bonds is 8. The number of alkyl halides is 2. The summed E-state index contributed by atoms with van der Waals surface area (Å²) in [4.78, 5) is 40.7. The summed E-state index contributed by atoms with van der Waals surface area (Å²) in [6.07, 6.45) is -0.482. The molecule has 1 aliphatic carbocycles. The largest absolute Gasteiger partial charge is 0.443 e. The standard InChI is InChI=1S/C32H29Cl5N4O4/c1-17-12-22(41(11-5-10-38)30(44)45-31(2,3)4)7-9-25(17)40-28(42)23-16-21(6-8-24(23)35)39-29(43)27-26(32(27,36)37)18-13-19(33)15-20(34)14-18/h6-9,12-16,26-27H,5,11H2,1-4H3,(H,39,43)(H,40,42)/t26-,27+/m0/s1. The Hall–Kier alpha value is -3.19. The van der Waals surface area contributed by atoms with Gasteiger partial charge in [-0.2, -0.15) is 5.26 Å². The molecule has 0 heterocycles. The first-order valence-electron chi connectivity index (χ1n) is 13.8. The maximum atomic E-state index is 13.3. The van der Waals surface area contributed by atoms with Crippen LogP contribution in [-0.4, -0.2) is 34.4 Å². The van der Waals surface area contributed by atoms with E-state index in [9.17, 15) is 14.4 Å². The Balaban J connectivity index is 1.49. The Bertz CT molecular complexity index is 1680. The van der Waals surface area contributed by atoms with E-state index in [-0.39, 0.29) is 23.6 Å². The third-order valence-electron chi connectivity index (χ3n) is 6.89. The quantitative estimate of drug-likeness (QED) is 0.226. The van der Waals surface area contributed by atoms with Gasteiger partial charge in [-0.05, 0) is 93.4 Å². The molecule has 4 rings (SSSR count). The fourth-order valence-electron chi connectivity index (χ4n) is 4.77. The van der Waals surface area contributed by atoms with Gasteiger partial charge in [0.1, 0.15) is 9.93 Å². The number of hydrogen-bond acceptors (Lipinski definition) is 5. The Labute approximate surface area is 286 Å². The zero-order chi connectivity index (χ0) is 33.3. The first-order chi connectivity index (χ1) is 21.0. The van der Waals surface area contributed by atoms with Gasteiger partial charge in [0.05, 0.1) is 29.0 Å². The number of carbonyl (C=O) groups is 3. The van der Waals surface area contributed by atoms with Gasteiger partial charge in [0.25, 0.3) is 5.91 Å². The van der Waals surface area contributed by atoms with Crippen molar-refractivity contribution in [1.82, 2.24) is 0 Å². The Morgan fingerprint density at radius 3 is 2.24 bits per heavy atom. The molecule has 3 amide bonds. The maximum absolute atomic E-state index is 13.3. The number of benzene rings is 3. The minimum atomic E-state index is -1.37. The van der Waals surface area contributed by atoms with Crippen LogP contribution in [0.15, 0.2) is 54.6 Å². The maximum Gasteiger partial charge on any atom is 0.414 e. The van der Waals surface area contributed by atoms with Crippen molar-refractivity contribution in [3.8, 4) is 6.07 Å². The van der Waals surface area contributed by atoms with Crippen molar-refractivity contribution in [2.24, 2.45) is 5.92 Å². The average Bonchev–Trinajstić information content (AvgIpc) is 3.51. The second-order valence-electron chi connectivity index (χ2n) is 11.5. The Morgan fingerprint density at radius 1 is 0.978 bits per heavy atom. The van der Waals surface area contributed by atoms with Crippen molar-refractivity contribution in [3.05, 3.63) is 86.4 Å². The molecule has 8 nitrogen and oxygen atoms in total. The van der Waals surface area contributed by atoms with Crippen LogP contribution < -0.4 is 15.5 Å². The lowest BCUT2D eigenvalue weighted by atomic mass is 10.1. The lowest BCUT2D eigenvalue weighted by Crippen LogP contribution is -2.37. The predicted octanol–water partition coefficient (Wildman–Crippen LogP) is 9.39. The molecule has 0 unspecified atom stereocenters. The van der Waals surface area contributed by atoms with E-state index >= 15 is 0 Å². The lowest BCUT2D eigenvalue weighted by molar-refractivity contribution is -0.117. The summed E-state index contributed by atoms with van der Waals surface area (Å²) in [5, 5.41) is 15.6. The van der Waals surface area contributed by atoms with Crippen LogP contribution >= 0.6 is 58.0 Å². The normalized spacial score (nSPS) is 16.7. The van der Waals surface area contributed by atoms with Gasteiger partial charge in [-0.3, -0.25) is 14.5 Å². The van der Waals surface area contributed by atoms with Crippen molar-refractivity contribution < 1.29 is 19.1 Å². The van der Waals surface area contributed by atoms with E-state index in [1.54, 1.807) is 70.2 Å². The first-order valence-corrected chi connectivity index (χ1v) is 15.6. The molecule has 0 saturated heterocycles. The number of nitrogens with one attached hydrogen (secondary N) is 2. The molecule has 1 saturated carbocycles. The average molecular weight is 711 g/mol. The molecule has 1 fully saturated rings. The van der Waals surface area contributed by atoms with E-state index in [4.69, 9.17) is 68.0 Å². The highest BCUT2D eigenvalue weighted by Gasteiger charge is 2.67. The van der Waals surface area contributed by atoms with Crippen LogP contribution in [0.25, 0.3) is 0 Å². The zero-order valence-electron chi connectivity index (χ0n) is 24.7. The molecular weight excluding hydrogens is 682 g/mol. The lowest BCUT2D eigenvalue weighted by Gasteiger charge is -2.27. The van der Waals surface area contributed by atoms with Gasteiger partial charge in [0, 0.05) is 39.6 Å². The summed E-state index contributed by atoms with van der Waals surface area (Å²) in [7, 11) is 0. The minimum absolute atomic E-state index is 0.106. The highest BCUT2D eigenvalue weighted by atomic mass is 35.5. The highest BCUT2D eigenvalue weighted by molar-refractivity contribution is 6.53. The van der Waals surface area contributed by atoms with Crippen LogP contribution in [-0.2, 0) is 9.53 Å². The SMILES string of the molecule is Cc1cc(N(CCC#N)C(=O)OC(C)(C)C)ccc1NC(=O)c1cc(NC(=O)[C@H]2[C@H](c3cc(Cl)cc(Cl)c3)C2(Cl)Cl)ccc1Cl. The first kappa shape index (κ1) is 34.7.